The van der Waals surface area contributed by atoms with Crippen molar-refractivity contribution in [1.82, 2.24) is 9.62 Å². The molecular weight excluding hydrogens is 381 g/mol. The Hall–Kier alpha value is -2.45. The van der Waals surface area contributed by atoms with Crippen LogP contribution in [0.4, 0.5) is 10.1 Å². The third-order valence-corrected chi connectivity index (χ3v) is 6.08. The van der Waals surface area contributed by atoms with Gasteiger partial charge in [-0.3, -0.25) is 4.79 Å². The Bertz CT molecular complexity index is 871. The molecule has 0 saturated carbocycles. The van der Waals surface area contributed by atoms with Crippen molar-refractivity contribution in [2.75, 3.05) is 24.9 Å². The fraction of sp³-hybridized carbons (Fsp3) is 0.350. The number of benzene rings is 2. The number of hydrogen-bond acceptors (Lipinski definition) is 3. The standard InChI is InChI=1S/C20H26FN3O3S/c1-16(9-10-17-7-5-4-6-8-17)22-20(25)15-24(28(26,27)23(2)3)19-13-11-18(21)12-14-19/h4-8,11-14,16H,9-10,15H2,1-3H3,(H,22,25)/t16-/m1/s1. The second-order valence-electron chi connectivity index (χ2n) is 6.77. The van der Waals surface area contributed by atoms with Gasteiger partial charge < -0.3 is 5.32 Å². The number of carbonyl (C=O) groups excluding carboxylic acids is 1. The number of carbonyl (C=O) groups is 1. The Morgan fingerprint density at radius 2 is 1.68 bits per heavy atom. The van der Waals surface area contributed by atoms with Gasteiger partial charge in [0.1, 0.15) is 12.4 Å². The number of nitrogens with one attached hydrogen (secondary N) is 1. The van der Waals surface area contributed by atoms with Crippen molar-refractivity contribution in [1.29, 1.82) is 0 Å². The van der Waals surface area contributed by atoms with Gasteiger partial charge in [0.25, 0.3) is 0 Å². The van der Waals surface area contributed by atoms with E-state index in [-0.39, 0.29) is 18.3 Å². The predicted octanol–water partition coefficient (Wildman–Crippen LogP) is 2.58. The van der Waals surface area contributed by atoms with Crippen LogP contribution in [0, 0.1) is 5.82 Å². The van der Waals surface area contributed by atoms with E-state index in [0.717, 1.165) is 33.6 Å². The second kappa shape index (κ2) is 9.66. The molecule has 28 heavy (non-hydrogen) atoms. The van der Waals surface area contributed by atoms with E-state index in [1.807, 2.05) is 37.3 Å². The molecule has 8 heteroatoms. The first-order chi connectivity index (χ1) is 13.2. The van der Waals surface area contributed by atoms with E-state index in [2.05, 4.69) is 5.32 Å². The maximum Gasteiger partial charge on any atom is 0.304 e. The highest BCUT2D eigenvalue weighted by Gasteiger charge is 2.27. The highest BCUT2D eigenvalue weighted by Crippen LogP contribution is 2.19. The topological polar surface area (TPSA) is 69.7 Å². The van der Waals surface area contributed by atoms with Gasteiger partial charge in [0.2, 0.25) is 5.91 Å². The fourth-order valence-corrected chi connectivity index (χ4v) is 3.72. The van der Waals surface area contributed by atoms with Crippen LogP contribution in [-0.4, -0.2) is 45.3 Å². The van der Waals surface area contributed by atoms with Crippen LogP contribution in [-0.2, 0) is 21.4 Å². The average Bonchev–Trinajstić information content (AvgIpc) is 2.66. The molecule has 6 nitrogen and oxygen atoms in total. The van der Waals surface area contributed by atoms with Gasteiger partial charge in [-0.25, -0.2) is 8.70 Å². The zero-order chi connectivity index (χ0) is 20.7. The summed E-state index contributed by atoms with van der Waals surface area (Å²) in [4.78, 5) is 12.5. The first kappa shape index (κ1) is 21.8. The minimum Gasteiger partial charge on any atom is -0.352 e. The van der Waals surface area contributed by atoms with Gasteiger partial charge in [-0.15, -0.1) is 0 Å². The lowest BCUT2D eigenvalue weighted by atomic mass is 10.1. The predicted molar refractivity (Wildman–Crippen MR) is 109 cm³/mol. The number of rotatable bonds is 9. The third-order valence-electron chi connectivity index (χ3n) is 4.26. The van der Waals surface area contributed by atoms with Gasteiger partial charge in [-0.05, 0) is 49.6 Å². The van der Waals surface area contributed by atoms with Gasteiger partial charge in [0.15, 0.2) is 0 Å². The quantitative estimate of drug-likeness (QED) is 0.695. The van der Waals surface area contributed by atoms with Crippen LogP contribution in [0.5, 0.6) is 0 Å². The molecule has 1 atom stereocenters. The summed E-state index contributed by atoms with van der Waals surface area (Å²) in [5.41, 5.74) is 1.40. The molecule has 0 fully saturated rings. The maximum atomic E-state index is 13.2. The molecular formula is C20H26FN3O3S. The molecule has 1 N–H and O–H groups in total. The SMILES string of the molecule is C[C@H](CCc1ccccc1)NC(=O)CN(c1ccc(F)cc1)S(=O)(=O)N(C)C. The van der Waals surface area contributed by atoms with Crippen molar-refractivity contribution >= 4 is 21.8 Å². The molecule has 0 heterocycles. The summed E-state index contributed by atoms with van der Waals surface area (Å²) in [6.07, 6.45) is 1.53. The van der Waals surface area contributed by atoms with E-state index < -0.39 is 21.9 Å². The van der Waals surface area contributed by atoms with E-state index in [1.54, 1.807) is 0 Å². The van der Waals surface area contributed by atoms with Crippen molar-refractivity contribution in [3.8, 4) is 0 Å². The van der Waals surface area contributed by atoms with Crippen LogP contribution in [0.25, 0.3) is 0 Å². The Labute approximate surface area is 166 Å². The summed E-state index contributed by atoms with van der Waals surface area (Å²) in [5.74, 6) is -0.903. The lowest BCUT2D eigenvalue weighted by molar-refractivity contribution is -0.120. The minimum atomic E-state index is -3.91. The maximum absolute atomic E-state index is 13.2. The molecule has 2 aromatic rings. The van der Waals surface area contributed by atoms with Gasteiger partial charge in [0, 0.05) is 20.1 Å². The Morgan fingerprint density at radius 1 is 1.07 bits per heavy atom. The van der Waals surface area contributed by atoms with Gasteiger partial charge in [-0.1, -0.05) is 30.3 Å². The molecule has 0 saturated heterocycles. The van der Waals surface area contributed by atoms with Crippen molar-refractivity contribution in [2.24, 2.45) is 0 Å². The molecule has 0 bridgehead atoms. The fourth-order valence-electron chi connectivity index (χ4n) is 2.66. The summed E-state index contributed by atoms with van der Waals surface area (Å²) >= 11 is 0. The first-order valence-electron chi connectivity index (χ1n) is 8.99. The number of hydrogen-bond donors (Lipinski definition) is 1. The van der Waals surface area contributed by atoms with E-state index in [4.69, 9.17) is 0 Å². The lowest BCUT2D eigenvalue weighted by Gasteiger charge is -2.27. The molecule has 0 aromatic heterocycles. The average molecular weight is 408 g/mol. The van der Waals surface area contributed by atoms with Gasteiger partial charge in [0.05, 0.1) is 5.69 Å². The Morgan fingerprint density at radius 3 is 2.25 bits per heavy atom. The highest BCUT2D eigenvalue weighted by atomic mass is 32.2. The zero-order valence-electron chi connectivity index (χ0n) is 16.3. The zero-order valence-corrected chi connectivity index (χ0v) is 17.1. The number of halogens is 1. The van der Waals surface area contributed by atoms with Crippen LogP contribution in [0.3, 0.4) is 0 Å². The monoisotopic (exact) mass is 407 g/mol. The number of amides is 1. The smallest absolute Gasteiger partial charge is 0.304 e. The van der Waals surface area contributed by atoms with E-state index >= 15 is 0 Å². The van der Waals surface area contributed by atoms with E-state index in [0.29, 0.717) is 0 Å². The molecule has 0 spiro atoms. The molecule has 152 valence electrons. The van der Waals surface area contributed by atoms with Crippen LogP contribution in [0.2, 0.25) is 0 Å². The Kier molecular flexibility index (Phi) is 7.53. The van der Waals surface area contributed by atoms with Crippen molar-refractivity contribution in [3.63, 3.8) is 0 Å². The summed E-state index contributed by atoms with van der Waals surface area (Å²) in [7, 11) is -1.15. The van der Waals surface area contributed by atoms with Crippen LogP contribution in [0.1, 0.15) is 18.9 Å². The molecule has 0 unspecified atom stereocenters. The van der Waals surface area contributed by atoms with Gasteiger partial charge in [-0.2, -0.15) is 12.7 Å². The highest BCUT2D eigenvalue weighted by molar-refractivity contribution is 7.90. The van der Waals surface area contributed by atoms with E-state index in [1.165, 1.54) is 31.8 Å². The molecule has 1 amide bonds. The summed E-state index contributed by atoms with van der Waals surface area (Å²) in [6.45, 7) is 1.49. The number of nitrogens with zero attached hydrogens (tertiary/aromatic N) is 2. The molecule has 0 aliphatic rings. The second-order valence-corrected chi connectivity index (χ2v) is 8.83. The summed E-state index contributed by atoms with van der Waals surface area (Å²) < 4.78 is 40.4. The van der Waals surface area contributed by atoms with Crippen LogP contribution in [0.15, 0.2) is 54.6 Å². The van der Waals surface area contributed by atoms with Crippen molar-refractivity contribution in [2.45, 2.75) is 25.8 Å². The summed E-state index contributed by atoms with van der Waals surface area (Å²) in [6, 6.07) is 14.8. The molecule has 2 rings (SSSR count). The number of anilines is 1. The lowest BCUT2D eigenvalue weighted by Crippen LogP contribution is -2.47. The minimum absolute atomic E-state index is 0.121. The molecule has 2 aromatic carbocycles. The Balaban J connectivity index is 2.04. The molecule has 0 radical (unpaired) electrons. The van der Waals surface area contributed by atoms with E-state index in [9.17, 15) is 17.6 Å². The molecule has 0 aliphatic carbocycles. The van der Waals surface area contributed by atoms with Gasteiger partial charge >= 0.3 is 10.2 Å². The van der Waals surface area contributed by atoms with Crippen LogP contribution >= 0.6 is 0 Å². The normalized spacial score (nSPS) is 12.6. The first-order valence-corrected chi connectivity index (χ1v) is 10.4. The molecule has 0 aliphatic heterocycles. The third kappa shape index (κ3) is 6.03. The van der Waals surface area contributed by atoms with Crippen LogP contribution < -0.4 is 9.62 Å². The van der Waals surface area contributed by atoms with Crippen molar-refractivity contribution in [3.05, 3.63) is 66.0 Å². The summed E-state index contributed by atoms with van der Waals surface area (Å²) in [5, 5.41) is 2.84. The number of aryl methyl sites for hydroxylation is 1. The largest absolute Gasteiger partial charge is 0.352 e. The van der Waals surface area contributed by atoms with Crippen molar-refractivity contribution < 1.29 is 17.6 Å².